The molecule has 26 heavy (non-hydrogen) atoms. The van der Waals surface area contributed by atoms with Crippen LogP contribution in [0.2, 0.25) is 5.02 Å². The first-order valence-corrected chi connectivity index (χ1v) is 8.85. The predicted molar refractivity (Wildman–Crippen MR) is 102 cm³/mol. The summed E-state index contributed by atoms with van der Waals surface area (Å²) < 4.78 is 5.78. The predicted octanol–water partition coefficient (Wildman–Crippen LogP) is 4.30. The van der Waals surface area contributed by atoms with Crippen LogP contribution in [-0.2, 0) is 4.79 Å². The quantitative estimate of drug-likeness (QED) is 0.552. The maximum absolute atomic E-state index is 12.6. The summed E-state index contributed by atoms with van der Waals surface area (Å²) >= 11 is 9.18. The molecule has 6 nitrogen and oxygen atoms in total. The van der Waals surface area contributed by atoms with Gasteiger partial charge in [0.05, 0.1) is 16.8 Å². The monoisotopic (exact) mass is 436 g/mol. The number of phenols is 1. The third-order valence-corrected chi connectivity index (χ3v) is 4.45. The van der Waals surface area contributed by atoms with E-state index < -0.39 is 11.9 Å². The molecule has 0 bridgehead atoms. The van der Waals surface area contributed by atoms with E-state index in [4.69, 9.17) is 16.3 Å². The molecule has 1 fully saturated rings. The van der Waals surface area contributed by atoms with Crippen LogP contribution in [0.15, 0.2) is 46.6 Å². The smallest absolute Gasteiger partial charge is 0.333 e. The minimum absolute atomic E-state index is 0.0312. The van der Waals surface area contributed by atoms with E-state index in [0.717, 1.165) is 4.90 Å². The van der Waals surface area contributed by atoms with E-state index in [1.165, 1.54) is 12.1 Å². The maximum Gasteiger partial charge on any atom is 0.333 e. The van der Waals surface area contributed by atoms with Gasteiger partial charge in [0, 0.05) is 5.02 Å². The Morgan fingerprint density at radius 2 is 2.08 bits per heavy atom. The maximum atomic E-state index is 12.6. The number of urea groups is 1. The molecule has 0 atom stereocenters. The molecule has 134 valence electrons. The molecule has 3 amide bonds. The van der Waals surface area contributed by atoms with E-state index >= 15 is 0 Å². The number of carbonyl (C=O) groups excluding carboxylic acids is 2. The molecule has 8 heteroatoms. The van der Waals surface area contributed by atoms with Gasteiger partial charge in [-0.1, -0.05) is 17.7 Å². The van der Waals surface area contributed by atoms with Gasteiger partial charge in [-0.25, -0.2) is 9.69 Å². The van der Waals surface area contributed by atoms with Gasteiger partial charge >= 0.3 is 6.03 Å². The van der Waals surface area contributed by atoms with E-state index in [-0.39, 0.29) is 17.2 Å². The zero-order chi connectivity index (χ0) is 18.8. The summed E-state index contributed by atoms with van der Waals surface area (Å²) in [5.41, 5.74) is 1.06. The van der Waals surface area contributed by atoms with Crippen LogP contribution in [0.5, 0.6) is 11.5 Å². The van der Waals surface area contributed by atoms with Gasteiger partial charge in [-0.05, 0) is 64.8 Å². The highest BCUT2D eigenvalue weighted by Crippen LogP contribution is 2.36. The Bertz CT molecular complexity index is 929. The largest absolute Gasteiger partial charge is 0.503 e. The van der Waals surface area contributed by atoms with E-state index in [1.54, 1.807) is 37.3 Å². The second-order valence-corrected chi connectivity index (χ2v) is 6.68. The number of nitrogens with one attached hydrogen (secondary N) is 1. The fraction of sp³-hybridized carbons (Fsp3) is 0.111. The van der Waals surface area contributed by atoms with Gasteiger partial charge in [0.1, 0.15) is 5.70 Å². The molecule has 0 unspecified atom stereocenters. The fourth-order valence-electron chi connectivity index (χ4n) is 2.49. The Hall–Kier alpha value is -2.51. The topological polar surface area (TPSA) is 78.9 Å². The average Bonchev–Trinajstić information content (AvgIpc) is 2.86. The van der Waals surface area contributed by atoms with Crippen LogP contribution in [0.1, 0.15) is 12.5 Å². The molecule has 2 aromatic carbocycles. The Morgan fingerprint density at radius 3 is 2.77 bits per heavy atom. The van der Waals surface area contributed by atoms with Crippen LogP contribution < -0.4 is 15.0 Å². The number of phenolic OH excluding ortho intramolecular Hbond substituents is 1. The van der Waals surface area contributed by atoms with Crippen LogP contribution in [0.3, 0.4) is 0 Å². The van der Waals surface area contributed by atoms with Gasteiger partial charge in [-0.15, -0.1) is 0 Å². The number of benzene rings is 2. The molecular formula is C18H14BrClN2O4. The molecule has 1 heterocycles. The van der Waals surface area contributed by atoms with Crippen LogP contribution in [0.4, 0.5) is 10.5 Å². The van der Waals surface area contributed by atoms with Gasteiger partial charge < -0.3 is 15.2 Å². The van der Waals surface area contributed by atoms with Crippen molar-refractivity contribution in [3.8, 4) is 11.5 Å². The van der Waals surface area contributed by atoms with Gasteiger partial charge in [-0.3, -0.25) is 4.79 Å². The molecule has 0 saturated carbocycles. The van der Waals surface area contributed by atoms with Gasteiger partial charge in [0.2, 0.25) is 0 Å². The molecule has 1 saturated heterocycles. The lowest BCUT2D eigenvalue weighted by Gasteiger charge is -2.11. The van der Waals surface area contributed by atoms with Gasteiger partial charge in [-0.2, -0.15) is 0 Å². The Kier molecular flexibility index (Phi) is 5.20. The molecule has 2 N–H and O–H groups in total. The zero-order valence-electron chi connectivity index (χ0n) is 13.6. The zero-order valence-corrected chi connectivity index (χ0v) is 16.0. The van der Waals surface area contributed by atoms with Crippen molar-refractivity contribution in [1.82, 2.24) is 5.32 Å². The summed E-state index contributed by atoms with van der Waals surface area (Å²) in [5, 5.41) is 12.9. The number of hydrogen-bond acceptors (Lipinski definition) is 4. The first-order valence-electron chi connectivity index (χ1n) is 7.68. The van der Waals surface area contributed by atoms with Crippen LogP contribution >= 0.6 is 27.5 Å². The number of rotatable bonds is 4. The number of ether oxygens (including phenoxy) is 1. The Morgan fingerprint density at radius 1 is 1.31 bits per heavy atom. The first kappa shape index (κ1) is 18.3. The lowest BCUT2D eigenvalue weighted by atomic mass is 10.1. The first-order chi connectivity index (χ1) is 12.4. The van der Waals surface area contributed by atoms with E-state index in [1.807, 2.05) is 0 Å². The SMILES string of the molecule is CCOc1cc(/C=C2/NC(=O)N(c3cccc(Cl)c3)C2=O)cc(Br)c1O. The van der Waals surface area contributed by atoms with Crippen molar-refractivity contribution >= 4 is 51.2 Å². The summed E-state index contributed by atoms with van der Waals surface area (Å²) in [4.78, 5) is 25.9. The highest BCUT2D eigenvalue weighted by molar-refractivity contribution is 9.10. The summed E-state index contributed by atoms with van der Waals surface area (Å²) in [6, 6.07) is 9.11. The average molecular weight is 438 g/mol. The van der Waals surface area contributed by atoms with Gasteiger partial charge in [0.25, 0.3) is 5.91 Å². The highest BCUT2D eigenvalue weighted by Gasteiger charge is 2.35. The van der Waals surface area contributed by atoms with Crippen molar-refractivity contribution in [3.63, 3.8) is 0 Å². The van der Waals surface area contributed by atoms with Crippen molar-refractivity contribution in [2.75, 3.05) is 11.5 Å². The van der Waals surface area contributed by atoms with Crippen molar-refractivity contribution in [2.24, 2.45) is 0 Å². The second kappa shape index (κ2) is 7.39. The Labute approximate surface area is 163 Å². The fourth-order valence-corrected chi connectivity index (χ4v) is 3.14. The standard InChI is InChI=1S/C18H14BrClN2O4/c1-2-26-15-8-10(6-13(19)16(15)23)7-14-17(24)22(18(25)21-14)12-5-3-4-11(20)9-12/h3-9,23H,2H2,1H3,(H,21,25)/b14-7+. The lowest BCUT2D eigenvalue weighted by molar-refractivity contribution is -0.113. The summed E-state index contributed by atoms with van der Waals surface area (Å²) in [5.74, 6) is -0.257. The number of nitrogens with zero attached hydrogens (tertiary/aromatic N) is 1. The number of halogens is 2. The highest BCUT2D eigenvalue weighted by atomic mass is 79.9. The number of hydrogen-bond donors (Lipinski definition) is 2. The minimum Gasteiger partial charge on any atom is -0.503 e. The van der Waals surface area contributed by atoms with Crippen LogP contribution in [0, 0.1) is 0 Å². The van der Waals surface area contributed by atoms with Crippen molar-refractivity contribution in [1.29, 1.82) is 0 Å². The molecular weight excluding hydrogens is 424 g/mol. The molecule has 0 spiro atoms. The number of carbonyl (C=O) groups is 2. The summed E-state index contributed by atoms with van der Waals surface area (Å²) in [7, 11) is 0. The van der Waals surface area contributed by atoms with E-state index in [0.29, 0.717) is 27.4 Å². The number of anilines is 1. The molecule has 0 aliphatic carbocycles. The van der Waals surface area contributed by atoms with Crippen LogP contribution in [0.25, 0.3) is 6.08 Å². The number of imide groups is 1. The molecule has 1 aliphatic rings. The van der Waals surface area contributed by atoms with E-state index in [2.05, 4.69) is 21.2 Å². The van der Waals surface area contributed by atoms with Crippen molar-refractivity contribution < 1.29 is 19.4 Å². The Balaban J connectivity index is 1.96. The van der Waals surface area contributed by atoms with Gasteiger partial charge in [0.15, 0.2) is 11.5 Å². The molecule has 1 aliphatic heterocycles. The lowest BCUT2D eigenvalue weighted by Crippen LogP contribution is -2.30. The number of amides is 3. The molecule has 2 aromatic rings. The number of aromatic hydroxyl groups is 1. The minimum atomic E-state index is -0.564. The van der Waals surface area contributed by atoms with Crippen molar-refractivity contribution in [3.05, 3.63) is 57.2 Å². The normalized spacial score (nSPS) is 15.5. The molecule has 0 aromatic heterocycles. The summed E-state index contributed by atoms with van der Waals surface area (Å²) in [6.45, 7) is 2.17. The third-order valence-electron chi connectivity index (χ3n) is 3.61. The van der Waals surface area contributed by atoms with Crippen molar-refractivity contribution in [2.45, 2.75) is 6.92 Å². The molecule has 0 radical (unpaired) electrons. The third kappa shape index (κ3) is 3.54. The van der Waals surface area contributed by atoms with E-state index in [9.17, 15) is 14.7 Å². The van der Waals surface area contributed by atoms with Crippen LogP contribution in [-0.4, -0.2) is 23.7 Å². The molecule has 3 rings (SSSR count). The second-order valence-electron chi connectivity index (χ2n) is 5.39. The summed E-state index contributed by atoms with van der Waals surface area (Å²) in [6.07, 6.45) is 1.51.